The van der Waals surface area contributed by atoms with Crippen molar-refractivity contribution in [1.29, 1.82) is 0 Å². The molecule has 23 heavy (non-hydrogen) atoms. The number of rotatable bonds is 5. The van der Waals surface area contributed by atoms with Gasteiger partial charge < -0.3 is 4.98 Å². The molecule has 1 aliphatic carbocycles. The summed E-state index contributed by atoms with van der Waals surface area (Å²) in [6.45, 7) is 0. The summed E-state index contributed by atoms with van der Waals surface area (Å²) in [6.07, 6.45) is 13.6. The highest BCUT2D eigenvalue weighted by Gasteiger charge is 2.40. The van der Waals surface area contributed by atoms with Crippen molar-refractivity contribution in [2.24, 2.45) is 5.41 Å². The van der Waals surface area contributed by atoms with Gasteiger partial charge in [-0.25, -0.2) is 4.98 Å². The van der Waals surface area contributed by atoms with E-state index in [1.165, 1.54) is 0 Å². The number of aromatic amines is 1. The van der Waals surface area contributed by atoms with Crippen LogP contribution in [0.3, 0.4) is 0 Å². The Balaban J connectivity index is 1.70. The number of Topliss-reactive ketones (excluding diaryl/α,β-unsaturated/α-hetero) is 1. The fourth-order valence-electron chi connectivity index (χ4n) is 3.57. The Labute approximate surface area is 133 Å². The SMILES string of the molecule is C#CCC(=O)CC1(Cc2nnc3cnc4[nH]ccc4n23)CCC1. The number of fused-ring (bicyclic) bond motifs is 3. The Hall–Kier alpha value is -2.68. The molecule has 0 aliphatic heterocycles. The van der Waals surface area contributed by atoms with E-state index < -0.39 is 0 Å². The largest absolute Gasteiger partial charge is 0.345 e. The standard InChI is InChI=1S/C17H17N5O/c1-2-4-12(23)9-17(6-3-7-17)10-14-20-21-15-11-19-16-13(22(14)15)5-8-18-16/h1,5,8,11,18H,3-4,6-7,9-10H2. The van der Waals surface area contributed by atoms with E-state index in [0.29, 0.717) is 6.42 Å². The molecular formula is C17H17N5O. The predicted molar refractivity (Wildman–Crippen MR) is 85.7 cm³/mol. The third kappa shape index (κ3) is 2.29. The average molecular weight is 307 g/mol. The number of carbonyl (C=O) groups is 1. The molecule has 3 aromatic rings. The van der Waals surface area contributed by atoms with E-state index in [4.69, 9.17) is 6.42 Å². The minimum Gasteiger partial charge on any atom is -0.345 e. The lowest BCUT2D eigenvalue weighted by Crippen LogP contribution is -2.35. The van der Waals surface area contributed by atoms with Gasteiger partial charge in [-0.15, -0.1) is 16.6 Å². The minimum atomic E-state index is -0.0111. The van der Waals surface area contributed by atoms with Gasteiger partial charge >= 0.3 is 0 Å². The maximum Gasteiger partial charge on any atom is 0.179 e. The van der Waals surface area contributed by atoms with E-state index >= 15 is 0 Å². The summed E-state index contributed by atoms with van der Waals surface area (Å²) in [5.41, 5.74) is 2.50. The smallest absolute Gasteiger partial charge is 0.179 e. The quantitative estimate of drug-likeness (QED) is 0.734. The summed E-state index contributed by atoms with van der Waals surface area (Å²) >= 11 is 0. The molecule has 0 radical (unpaired) electrons. The highest BCUT2D eigenvalue weighted by Crippen LogP contribution is 2.46. The van der Waals surface area contributed by atoms with Crippen molar-refractivity contribution in [3.05, 3.63) is 24.3 Å². The van der Waals surface area contributed by atoms with Crippen LogP contribution >= 0.6 is 0 Å². The van der Waals surface area contributed by atoms with E-state index in [1.54, 1.807) is 6.20 Å². The summed E-state index contributed by atoms with van der Waals surface area (Å²) < 4.78 is 2.03. The van der Waals surface area contributed by atoms with Crippen LogP contribution in [-0.4, -0.2) is 30.3 Å². The molecule has 1 saturated carbocycles. The van der Waals surface area contributed by atoms with Gasteiger partial charge in [-0.1, -0.05) is 12.3 Å². The molecule has 4 rings (SSSR count). The Morgan fingerprint density at radius 2 is 2.30 bits per heavy atom. The van der Waals surface area contributed by atoms with Crippen LogP contribution in [0, 0.1) is 17.8 Å². The molecule has 0 amide bonds. The van der Waals surface area contributed by atoms with E-state index in [9.17, 15) is 4.79 Å². The third-order valence-corrected chi connectivity index (χ3v) is 4.83. The first-order valence-electron chi connectivity index (χ1n) is 7.82. The van der Waals surface area contributed by atoms with Crippen LogP contribution in [-0.2, 0) is 11.2 Å². The summed E-state index contributed by atoms with van der Waals surface area (Å²) in [5, 5.41) is 8.58. The molecule has 6 nitrogen and oxygen atoms in total. The lowest BCUT2D eigenvalue weighted by molar-refractivity contribution is -0.121. The van der Waals surface area contributed by atoms with Crippen molar-refractivity contribution in [3.63, 3.8) is 0 Å². The molecule has 1 N–H and O–H groups in total. The van der Waals surface area contributed by atoms with Gasteiger partial charge in [-0.05, 0) is 24.3 Å². The van der Waals surface area contributed by atoms with Gasteiger partial charge in [-0.3, -0.25) is 9.20 Å². The summed E-state index contributed by atoms with van der Waals surface area (Å²) in [7, 11) is 0. The number of aromatic nitrogens is 5. The van der Waals surface area contributed by atoms with Crippen LogP contribution in [0.25, 0.3) is 16.8 Å². The normalized spacial score (nSPS) is 16.3. The van der Waals surface area contributed by atoms with Gasteiger partial charge in [0.05, 0.1) is 18.1 Å². The van der Waals surface area contributed by atoms with Gasteiger partial charge in [0.2, 0.25) is 0 Å². The highest BCUT2D eigenvalue weighted by molar-refractivity contribution is 5.81. The number of hydrogen-bond acceptors (Lipinski definition) is 4. The van der Waals surface area contributed by atoms with Gasteiger partial charge in [0, 0.05) is 19.0 Å². The monoisotopic (exact) mass is 307 g/mol. The maximum atomic E-state index is 12.0. The molecule has 3 aromatic heterocycles. The Morgan fingerprint density at radius 1 is 1.43 bits per heavy atom. The van der Waals surface area contributed by atoms with E-state index in [1.807, 2.05) is 16.7 Å². The third-order valence-electron chi connectivity index (χ3n) is 4.83. The first-order chi connectivity index (χ1) is 11.2. The van der Waals surface area contributed by atoms with Crippen LogP contribution in [0.1, 0.15) is 37.9 Å². The van der Waals surface area contributed by atoms with Crippen molar-refractivity contribution in [2.45, 2.75) is 38.5 Å². The summed E-state index contributed by atoms with van der Waals surface area (Å²) in [4.78, 5) is 19.4. The number of ketones is 1. The number of H-pyrrole nitrogens is 1. The zero-order chi connectivity index (χ0) is 15.9. The van der Waals surface area contributed by atoms with Crippen molar-refractivity contribution in [1.82, 2.24) is 24.6 Å². The molecule has 0 unspecified atom stereocenters. The van der Waals surface area contributed by atoms with Crippen LogP contribution < -0.4 is 0 Å². The van der Waals surface area contributed by atoms with Crippen molar-refractivity contribution in [2.75, 3.05) is 0 Å². The first kappa shape index (κ1) is 13.9. The molecule has 1 fully saturated rings. The zero-order valence-electron chi connectivity index (χ0n) is 12.7. The number of hydrogen-bond donors (Lipinski definition) is 1. The highest BCUT2D eigenvalue weighted by atomic mass is 16.1. The second kappa shape index (κ2) is 5.20. The van der Waals surface area contributed by atoms with Crippen molar-refractivity contribution in [3.8, 4) is 12.3 Å². The van der Waals surface area contributed by atoms with Crippen LogP contribution in [0.2, 0.25) is 0 Å². The van der Waals surface area contributed by atoms with Crippen molar-refractivity contribution < 1.29 is 4.79 Å². The fourth-order valence-corrected chi connectivity index (χ4v) is 3.57. The molecular weight excluding hydrogens is 290 g/mol. The van der Waals surface area contributed by atoms with E-state index in [0.717, 1.165) is 48.3 Å². The lowest BCUT2D eigenvalue weighted by Gasteiger charge is -2.41. The molecule has 0 aromatic carbocycles. The number of carbonyl (C=O) groups excluding carboxylic acids is 1. The summed E-state index contributed by atoms with van der Waals surface area (Å²) in [6, 6.07) is 1.97. The average Bonchev–Trinajstić information content (AvgIpc) is 3.10. The molecule has 0 saturated heterocycles. The van der Waals surface area contributed by atoms with Gasteiger partial charge in [0.15, 0.2) is 11.3 Å². The number of nitrogens with one attached hydrogen (secondary N) is 1. The van der Waals surface area contributed by atoms with Crippen LogP contribution in [0.4, 0.5) is 0 Å². The van der Waals surface area contributed by atoms with Gasteiger partial charge in [0.25, 0.3) is 0 Å². The van der Waals surface area contributed by atoms with Gasteiger partial charge in [0.1, 0.15) is 11.6 Å². The van der Waals surface area contributed by atoms with E-state index in [2.05, 4.69) is 26.1 Å². The topological polar surface area (TPSA) is 75.9 Å². The Bertz CT molecular complexity index is 925. The minimum absolute atomic E-state index is 0.0111. The fraction of sp³-hybridized carbons (Fsp3) is 0.412. The first-order valence-corrected chi connectivity index (χ1v) is 7.82. The van der Waals surface area contributed by atoms with Crippen molar-refractivity contribution >= 4 is 22.6 Å². The molecule has 0 atom stereocenters. The van der Waals surface area contributed by atoms with Crippen LogP contribution in [0.5, 0.6) is 0 Å². The Morgan fingerprint density at radius 3 is 3.04 bits per heavy atom. The second-order valence-corrected chi connectivity index (χ2v) is 6.41. The van der Waals surface area contributed by atoms with E-state index in [-0.39, 0.29) is 17.6 Å². The van der Waals surface area contributed by atoms with Crippen LogP contribution in [0.15, 0.2) is 18.5 Å². The molecule has 6 heteroatoms. The summed E-state index contributed by atoms with van der Waals surface area (Å²) in [5.74, 6) is 3.49. The Kier molecular flexibility index (Phi) is 3.15. The molecule has 0 spiro atoms. The molecule has 0 bridgehead atoms. The number of terminal acetylenes is 1. The number of nitrogens with zero attached hydrogens (tertiary/aromatic N) is 4. The van der Waals surface area contributed by atoms with Gasteiger partial charge in [-0.2, -0.15) is 0 Å². The molecule has 1 aliphatic rings. The maximum absolute atomic E-state index is 12.0. The molecule has 3 heterocycles. The second-order valence-electron chi connectivity index (χ2n) is 6.41. The molecule has 116 valence electrons. The lowest BCUT2D eigenvalue weighted by atomic mass is 9.63. The predicted octanol–water partition coefficient (Wildman–Crippen LogP) is 2.30. The zero-order valence-corrected chi connectivity index (χ0v) is 12.7.